The first-order valence-corrected chi connectivity index (χ1v) is 8.16. The highest BCUT2D eigenvalue weighted by molar-refractivity contribution is 5.95. The SMILES string of the molecule is CN1C[C@@H]2CCCN(C(=O)c3cn(C)nc3C3CC3)[C@@H]2C1. The number of amides is 1. The van der Waals surface area contributed by atoms with Gasteiger partial charge in [0.15, 0.2) is 0 Å². The third-order valence-corrected chi connectivity index (χ3v) is 5.28. The van der Waals surface area contributed by atoms with Crippen molar-refractivity contribution in [2.24, 2.45) is 13.0 Å². The van der Waals surface area contributed by atoms with Crippen LogP contribution in [0, 0.1) is 5.92 Å². The fraction of sp³-hybridized carbons (Fsp3) is 0.750. The topological polar surface area (TPSA) is 41.4 Å². The summed E-state index contributed by atoms with van der Waals surface area (Å²) >= 11 is 0. The van der Waals surface area contributed by atoms with Gasteiger partial charge in [-0.2, -0.15) is 5.10 Å². The molecule has 0 radical (unpaired) electrons. The predicted molar refractivity (Wildman–Crippen MR) is 80.2 cm³/mol. The molecule has 1 aliphatic carbocycles. The highest BCUT2D eigenvalue weighted by Gasteiger charge is 2.41. The van der Waals surface area contributed by atoms with Gasteiger partial charge in [-0.05, 0) is 38.6 Å². The zero-order chi connectivity index (χ0) is 14.6. The Morgan fingerprint density at radius 3 is 2.81 bits per heavy atom. The number of carbonyl (C=O) groups excluding carboxylic acids is 1. The average molecular weight is 288 g/mol. The lowest BCUT2D eigenvalue weighted by atomic mass is 9.91. The molecular weight excluding hydrogens is 264 g/mol. The van der Waals surface area contributed by atoms with E-state index < -0.39 is 0 Å². The second-order valence-electron chi connectivity index (χ2n) is 7.07. The number of aromatic nitrogens is 2. The molecule has 0 spiro atoms. The number of nitrogens with zero attached hydrogens (tertiary/aromatic N) is 4. The van der Waals surface area contributed by atoms with Gasteiger partial charge >= 0.3 is 0 Å². The van der Waals surface area contributed by atoms with Crippen LogP contribution in [0.4, 0.5) is 0 Å². The van der Waals surface area contributed by atoms with E-state index in [0.717, 1.165) is 37.3 Å². The largest absolute Gasteiger partial charge is 0.334 e. The van der Waals surface area contributed by atoms with Crippen molar-refractivity contribution in [2.45, 2.75) is 37.6 Å². The van der Waals surface area contributed by atoms with Crippen LogP contribution in [0.5, 0.6) is 0 Å². The Hall–Kier alpha value is -1.36. The maximum atomic E-state index is 13.1. The van der Waals surface area contributed by atoms with Crippen LogP contribution in [0.2, 0.25) is 0 Å². The van der Waals surface area contributed by atoms with E-state index in [2.05, 4.69) is 21.9 Å². The van der Waals surface area contributed by atoms with Crippen molar-refractivity contribution in [1.29, 1.82) is 0 Å². The zero-order valence-electron chi connectivity index (χ0n) is 13.0. The number of hydrogen-bond acceptors (Lipinski definition) is 3. The van der Waals surface area contributed by atoms with Crippen LogP contribution in [0.1, 0.15) is 47.7 Å². The van der Waals surface area contributed by atoms with Crippen LogP contribution < -0.4 is 0 Å². The molecule has 5 nitrogen and oxygen atoms in total. The van der Waals surface area contributed by atoms with Gasteiger partial charge in [-0.25, -0.2) is 0 Å². The standard InChI is InChI=1S/C16H24N4O/c1-18-8-12-4-3-7-20(14(12)10-18)16(21)13-9-19(2)17-15(13)11-5-6-11/h9,11-12,14H,3-8,10H2,1-2H3/t12-,14+/m0/s1. The Bertz CT molecular complexity index is 563. The molecule has 114 valence electrons. The lowest BCUT2D eigenvalue weighted by Gasteiger charge is -2.37. The normalized spacial score (nSPS) is 29.7. The summed E-state index contributed by atoms with van der Waals surface area (Å²) in [5.41, 5.74) is 1.89. The Labute approximate surface area is 125 Å². The molecule has 1 saturated carbocycles. The van der Waals surface area contributed by atoms with Crippen LogP contribution in [-0.4, -0.2) is 58.2 Å². The van der Waals surface area contributed by atoms with Gasteiger partial charge in [0, 0.05) is 44.8 Å². The zero-order valence-corrected chi connectivity index (χ0v) is 13.0. The molecule has 3 fully saturated rings. The van der Waals surface area contributed by atoms with E-state index in [-0.39, 0.29) is 5.91 Å². The van der Waals surface area contributed by atoms with Crippen molar-refractivity contribution in [3.8, 4) is 0 Å². The number of likely N-dealkylation sites (tertiary alicyclic amines) is 2. The Morgan fingerprint density at radius 1 is 1.24 bits per heavy atom. The molecule has 2 aliphatic heterocycles. The number of carbonyl (C=O) groups is 1. The van der Waals surface area contributed by atoms with Crippen molar-refractivity contribution in [2.75, 3.05) is 26.7 Å². The summed E-state index contributed by atoms with van der Waals surface area (Å²) < 4.78 is 1.81. The Balaban J connectivity index is 1.62. The summed E-state index contributed by atoms with van der Waals surface area (Å²) in [6.07, 6.45) is 6.71. The monoisotopic (exact) mass is 288 g/mol. The maximum Gasteiger partial charge on any atom is 0.257 e. The second kappa shape index (κ2) is 4.83. The van der Waals surface area contributed by atoms with Crippen LogP contribution in [0.15, 0.2) is 6.20 Å². The molecule has 0 N–H and O–H groups in total. The van der Waals surface area contributed by atoms with E-state index in [0.29, 0.717) is 17.9 Å². The van der Waals surface area contributed by atoms with Crippen LogP contribution >= 0.6 is 0 Å². The van der Waals surface area contributed by atoms with Crippen LogP contribution in [0.3, 0.4) is 0 Å². The molecule has 0 unspecified atom stereocenters. The van der Waals surface area contributed by atoms with E-state index >= 15 is 0 Å². The highest BCUT2D eigenvalue weighted by atomic mass is 16.2. The Kier molecular flexibility index (Phi) is 3.06. The molecule has 2 atom stereocenters. The average Bonchev–Trinajstić information content (AvgIpc) is 3.12. The third-order valence-electron chi connectivity index (χ3n) is 5.28. The van der Waals surface area contributed by atoms with Gasteiger partial charge in [-0.1, -0.05) is 0 Å². The van der Waals surface area contributed by atoms with Gasteiger partial charge in [-0.15, -0.1) is 0 Å². The maximum absolute atomic E-state index is 13.1. The molecule has 3 aliphatic rings. The summed E-state index contributed by atoms with van der Waals surface area (Å²) in [7, 11) is 4.09. The lowest BCUT2D eigenvalue weighted by molar-refractivity contribution is 0.0570. The van der Waals surface area contributed by atoms with Crippen LogP contribution in [-0.2, 0) is 7.05 Å². The number of aryl methyl sites for hydroxylation is 1. The van der Waals surface area contributed by atoms with E-state index in [1.165, 1.54) is 19.3 Å². The molecule has 21 heavy (non-hydrogen) atoms. The lowest BCUT2D eigenvalue weighted by Crippen LogP contribution is -2.48. The number of hydrogen-bond donors (Lipinski definition) is 0. The first-order chi connectivity index (χ1) is 10.1. The first-order valence-electron chi connectivity index (χ1n) is 8.16. The molecule has 1 aromatic heterocycles. The van der Waals surface area contributed by atoms with Gasteiger partial charge in [0.05, 0.1) is 11.3 Å². The highest BCUT2D eigenvalue weighted by Crippen LogP contribution is 2.41. The van der Waals surface area contributed by atoms with Crippen molar-refractivity contribution in [3.05, 3.63) is 17.5 Å². The first kappa shape index (κ1) is 13.3. The molecule has 5 heteroatoms. The summed E-state index contributed by atoms with van der Waals surface area (Å²) in [5, 5.41) is 4.55. The van der Waals surface area contributed by atoms with Gasteiger partial charge in [0.2, 0.25) is 0 Å². The van der Waals surface area contributed by atoms with E-state index in [9.17, 15) is 4.79 Å². The van der Waals surface area contributed by atoms with Gasteiger partial charge in [-0.3, -0.25) is 9.48 Å². The van der Waals surface area contributed by atoms with Crippen molar-refractivity contribution >= 4 is 5.91 Å². The summed E-state index contributed by atoms with van der Waals surface area (Å²) in [4.78, 5) is 17.6. The number of likely N-dealkylation sites (N-methyl/N-ethyl adjacent to an activating group) is 1. The van der Waals surface area contributed by atoms with Gasteiger partial charge < -0.3 is 9.80 Å². The number of fused-ring (bicyclic) bond motifs is 1. The van der Waals surface area contributed by atoms with Gasteiger partial charge in [0.25, 0.3) is 5.91 Å². The molecule has 1 aromatic rings. The predicted octanol–water partition coefficient (Wildman–Crippen LogP) is 1.46. The molecule has 0 aromatic carbocycles. The number of rotatable bonds is 2. The molecule has 4 rings (SSSR count). The van der Waals surface area contributed by atoms with Crippen LogP contribution in [0.25, 0.3) is 0 Å². The Morgan fingerprint density at radius 2 is 2.05 bits per heavy atom. The molecule has 3 heterocycles. The quantitative estimate of drug-likeness (QED) is 0.827. The summed E-state index contributed by atoms with van der Waals surface area (Å²) in [6.45, 7) is 3.07. The number of piperidine rings is 1. The van der Waals surface area contributed by atoms with Crippen molar-refractivity contribution in [3.63, 3.8) is 0 Å². The molecule has 1 amide bonds. The summed E-state index contributed by atoms with van der Waals surface area (Å²) in [6, 6.07) is 0.406. The third kappa shape index (κ3) is 2.27. The molecule has 2 saturated heterocycles. The smallest absolute Gasteiger partial charge is 0.257 e. The van der Waals surface area contributed by atoms with E-state index in [4.69, 9.17) is 0 Å². The van der Waals surface area contributed by atoms with Gasteiger partial charge in [0.1, 0.15) is 0 Å². The molecular formula is C16H24N4O. The van der Waals surface area contributed by atoms with E-state index in [1.807, 2.05) is 17.9 Å². The van der Waals surface area contributed by atoms with Crippen molar-refractivity contribution in [1.82, 2.24) is 19.6 Å². The summed E-state index contributed by atoms with van der Waals surface area (Å²) in [5.74, 6) is 1.40. The fourth-order valence-electron chi connectivity index (χ4n) is 4.13. The minimum atomic E-state index is 0.218. The second-order valence-corrected chi connectivity index (χ2v) is 7.07. The minimum absolute atomic E-state index is 0.218. The minimum Gasteiger partial charge on any atom is -0.334 e. The molecule has 0 bridgehead atoms. The fourth-order valence-corrected chi connectivity index (χ4v) is 4.13. The van der Waals surface area contributed by atoms with Crippen molar-refractivity contribution < 1.29 is 4.79 Å². The van der Waals surface area contributed by atoms with E-state index in [1.54, 1.807) is 0 Å².